The Kier molecular flexibility index (Phi) is 2.97. The summed E-state index contributed by atoms with van der Waals surface area (Å²) in [6, 6.07) is 2.42. The number of rotatable bonds is 3. The van der Waals surface area contributed by atoms with Crippen LogP contribution in [-0.2, 0) is 0 Å². The highest BCUT2D eigenvalue weighted by atomic mass is 16.5. The van der Waals surface area contributed by atoms with Crippen molar-refractivity contribution in [1.82, 2.24) is 0 Å². The standard InChI is InChI=1S/C13H12O5/c1-3-4-17-10-6-9(15)11-8(14)5-7(2)18-13(11)12(10)16/h3,5-6,15-16H,1,4H2,2H3. The second-order valence-corrected chi connectivity index (χ2v) is 3.77. The fourth-order valence-electron chi connectivity index (χ4n) is 1.65. The van der Waals surface area contributed by atoms with Gasteiger partial charge < -0.3 is 19.4 Å². The van der Waals surface area contributed by atoms with E-state index in [9.17, 15) is 15.0 Å². The molecule has 2 N–H and O–H groups in total. The van der Waals surface area contributed by atoms with E-state index in [0.29, 0.717) is 5.76 Å². The Balaban J connectivity index is 2.77. The Morgan fingerprint density at radius 3 is 2.83 bits per heavy atom. The van der Waals surface area contributed by atoms with Gasteiger partial charge in [0.15, 0.2) is 16.8 Å². The van der Waals surface area contributed by atoms with Crippen LogP contribution >= 0.6 is 0 Å². The summed E-state index contributed by atoms with van der Waals surface area (Å²) in [5, 5.41) is 19.7. The molecule has 2 rings (SSSR count). The van der Waals surface area contributed by atoms with Gasteiger partial charge in [0.1, 0.15) is 23.5 Å². The lowest BCUT2D eigenvalue weighted by atomic mass is 10.1. The van der Waals surface area contributed by atoms with Gasteiger partial charge in [-0.2, -0.15) is 0 Å². The van der Waals surface area contributed by atoms with Crippen LogP contribution < -0.4 is 10.2 Å². The maximum Gasteiger partial charge on any atom is 0.202 e. The minimum atomic E-state index is -0.420. The number of hydrogen-bond donors (Lipinski definition) is 2. The average Bonchev–Trinajstić information content (AvgIpc) is 2.31. The first-order valence-corrected chi connectivity index (χ1v) is 5.27. The van der Waals surface area contributed by atoms with Gasteiger partial charge in [0.2, 0.25) is 5.75 Å². The highest BCUT2D eigenvalue weighted by Gasteiger charge is 2.17. The summed E-state index contributed by atoms with van der Waals surface area (Å²) >= 11 is 0. The molecule has 1 aromatic heterocycles. The molecular formula is C13H12O5. The van der Waals surface area contributed by atoms with Crippen molar-refractivity contribution in [2.45, 2.75) is 6.92 Å². The lowest BCUT2D eigenvalue weighted by Gasteiger charge is -2.09. The first kappa shape index (κ1) is 12.0. The van der Waals surface area contributed by atoms with Crippen LogP contribution in [0.25, 0.3) is 11.0 Å². The number of aromatic hydroxyl groups is 2. The Morgan fingerprint density at radius 1 is 1.44 bits per heavy atom. The van der Waals surface area contributed by atoms with E-state index in [1.165, 1.54) is 18.2 Å². The van der Waals surface area contributed by atoms with Crippen LogP contribution in [0.2, 0.25) is 0 Å². The third-order valence-electron chi connectivity index (χ3n) is 2.40. The molecule has 0 atom stereocenters. The summed E-state index contributed by atoms with van der Waals surface area (Å²) < 4.78 is 10.4. The molecular weight excluding hydrogens is 236 g/mol. The van der Waals surface area contributed by atoms with Crippen molar-refractivity contribution in [2.24, 2.45) is 0 Å². The van der Waals surface area contributed by atoms with Gasteiger partial charge in [-0.15, -0.1) is 0 Å². The molecule has 2 aromatic rings. The third kappa shape index (κ3) is 1.90. The number of fused-ring (bicyclic) bond motifs is 1. The zero-order valence-electron chi connectivity index (χ0n) is 9.77. The van der Waals surface area contributed by atoms with Gasteiger partial charge in [0, 0.05) is 12.1 Å². The van der Waals surface area contributed by atoms with Crippen LogP contribution in [0, 0.1) is 6.92 Å². The SMILES string of the molecule is C=CCOc1cc(O)c2c(=O)cc(C)oc2c1O. The lowest BCUT2D eigenvalue weighted by Crippen LogP contribution is -2.02. The van der Waals surface area contributed by atoms with E-state index < -0.39 is 5.43 Å². The van der Waals surface area contributed by atoms with Crippen LogP contribution in [-0.4, -0.2) is 16.8 Å². The van der Waals surface area contributed by atoms with Crippen LogP contribution in [0.4, 0.5) is 0 Å². The second-order valence-electron chi connectivity index (χ2n) is 3.77. The quantitative estimate of drug-likeness (QED) is 0.642. The molecule has 0 aliphatic heterocycles. The number of phenolic OH excluding ortho intramolecular Hbond substituents is 2. The fourth-order valence-corrected chi connectivity index (χ4v) is 1.65. The van der Waals surface area contributed by atoms with E-state index in [0.717, 1.165) is 0 Å². The summed E-state index contributed by atoms with van der Waals surface area (Å²) in [7, 11) is 0. The van der Waals surface area contributed by atoms with Crippen molar-refractivity contribution in [3.63, 3.8) is 0 Å². The topological polar surface area (TPSA) is 79.9 Å². The molecule has 0 saturated heterocycles. The van der Waals surface area contributed by atoms with E-state index in [4.69, 9.17) is 9.15 Å². The molecule has 1 aromatic carbocycles. The van der Waals surface area contributed by atoms with Gasteiger partial charge >= 0.3 is 0 Å². The van der Waals surface area contributed by atoms with Crippen molar-refractivity contribution in [3.8, 4) is 17.2 Å². The Labute approximate surface area is 103 Å². The predicted octanol–water partition coefficient (Wildman–Crippen LogP) is 2.08. The summed E-state index contributed by atoms with van der Waals surface area (Å²) in [6.07, 6.45) is 1.49. The molecule has 0 spiro atoms. The van der Waals surface area contributed by atoms with Crippen molar-refractivity contribution < 1.29 is 19.4 Å². The molecule has 0 unspecified atom stereocenters. The van der Waals surface area contributed by atoms with Crippen LogP contribution in [0.5, 0.6) is 17.2 Å². The highest BCUT2D eigenvalue weighted by molar-refractivity contribution is 5.90. The molecule has 18 heavy (non-hydrogen) atoms. The summed E-state index contributed by atoms with van der Waals surface area (Å²) in [4.78, 5) is 11.7. The van der Waals surface area contributed by atoms with Gasteiger partial charge in [-0.05, 0) is 6.92 Å². The minimum Gasteiger partial charge on any atom is -0.507 e. The number of phenols is 2. The maximum atomic E-state index is 11.7. The molecule has 0 radical (unpaired) electrons. The third-order valence-corrected chi connectivity index (χ3v) is 2.40. The Bertz CT molecular complexity index is 669. The average molecular weight is 248 g/mol. The molecule has 0 aliphatic rings. The number of aryl methyl sites for hydroxylation is 1. The first-order valence-electron chi connectivity index (χ1n) is 5.27. The molecule has 0 amide bonds. The molecule has 0 saturated carbocycles. The van der Waals surface area contributed by atoms with Crippen LogP contribution in [0.3, 0.4) is 0 Å². The van der Waals surface area contributed by atoms with Gasteiger partial charge in [-0.25, -0.2) is 0 Å². The van der Waals surface area contributed by atoms with Crippen molar-refractivity contribution in [3.05, 3.63) is 40.8 Å². The second kappa shape index (κ2) is 4.44. The number of ether oxygens (including phenoxy) is 1. The fraction of sp³-hybridized carbons (Fsp3) is 0.154. The molecule has 0 fully saturated rings. The highest BCUT2D eigenvalue weighted by Crippen LogP contribution is 2.39. The Hall–Kier alpha value is -2.43. The zero-order valence-corrected chi connectivity index (χ0v) is 9.77. The monoisotopic (exact) mass is 248 g/mol. The number of benzene rings is 1. The smallest absolute Gasteiger partial charge is 0.202 e. The van der Waals surface area contributed by atoms with E-state index in [1.807, 2.05) is 0 Å². The van der Waals surface area contributed by atoms with Gasteiger partial charge in [-0.1, -0.05) is 12.7 Å². The van der Waals surface area contributed by atoms with E-state index in [-0.39, 0.29) is 34.8 Å². The van der Waals surface area contributed by atoms with E-state index >= 15 is 0 Å². The van der Waals surface area contributed by atoms with Crippen molar-refractivity contribution >= 4 is 11.0 Å². The maximum absolute atomic E-state index is 11.7. The lowest BCUT2D eigenvalue weighted by molar-refractivity contribution is 0.332. The van der Waals surface area contributed by atoms with Gasteiger partial charge in [0.25, 0.3) is 0 Å². The zero-order chi connectivity index (χ0) is 13.3. The largest absolute Gasteiger partial charge is 0.507 e. The van der Waals surface area contributed by atoms with Crippen molar-refractivity contribution in [2.75, 3.05) is 6.61 Å². The number of hydrogen-bond acceptors (Lipinski definition) is 5. The molecule has 1 heterocycles. The van der Waals surface area contributed by atoms with Crippen LogP contribution in [0.15, 0.2) is 34.0 Å². The van der Waals surface area contributed by atoms with E-state index in [2.05, 4.69) is 6.58 Å². The molecule has 94 valence electrons. The van der Waals surface area contributed by atoms with Gasteiger partial charge in [0.05, 0.1) is 0 Å². The van der Waals surface area contributed by atoms with Gasteiger partial charge in [-0.3, -0.25) is 4.79 Å². The van der Waals surface area contributed by atoms with Crippen molar-refractivity contribution in [1.29, 1.82) is 0 Å². The van der Waals surface area contributed by atoms with Crippen LogP contribution in [0.1, 0.15) is 5.76 Å². The Morgan fingerprint density at radius 2 is 2.17 bits per heavy atom. The molecule has 0 aliphatic carbocycles. The summed E-state index contributed by atoms with van der Waals surface area (Å²) in [6.45, 7) is 5.22. The summed E-state index contributed by atoms with van der Waals surface area (Å²) in [5.74, 6) is -0.238. The van der Waals surface area contributed by atoms with E-state index in [1.54, 1.807) is 6.92 Å². The molecule has 5 nitrogen and oxygen atoms in total. The normalized spacial score (nSPS) is 10.5. The molecule has 5 heteroatoms. The minimum absolute atomic E-state index is 0.0358. The first-order chi connectivity index (χ1) is 8.54. The molecule has 0 bridgehead atoms. The summed E-state index contributed by atoms with van der Waals surface area (Å²) in [5.41, 5.74) is -0.504. The predicted molar refractivity (Wildman–Crippen MR) is 66.2 cm³/mol.